The Morgan fingerprint density at radius 2 is 1.65 bits per heavy atom. The molecule has 9 nitrogen and oxygen atoms in total. The molecule has 1 fully saturated rings. The molecular formula is C27H27N7O2S. The Hall–Kier alpha value is -4.18. The molecule has 37 heavy (non-hydrogen) atoms. The van der Waals surface area contributed by atoms with Gasteiger partial charge in [0.25, 0.3) is 5.91 Å². The van der Waals surface area contributed by atoms with Crippen LogP contribution in [0.4, 0.5) is 11.4 Å². The predicted molar refractivity (Wildman–Crippen MR) is 144 cm³/mol. The second-order valence-electron chi connectivity index (χ2n) is 8.74. The third kappa shape index (κ3) is 5.97. The zero-order valence-electron chi connectivity index (χ0n) is 20.4. The maximum absolute atomic E-state index is 12.8. The third-order valence-corrected chi connectivity index (χ3v) is 7.04. The van der Waals surface area contributed by atoms with Crippen molar-refractivity contribution in [3.8, 4) is 5.69 Å². The van der Waals surface area contributed by atoms with Gasteiger partial charge in [-0.15, -0.1) is 5.10 Å². The van der Waals surface area contributed by atoms with Gasteiger partial charge < -0.3 is 15.1 Å². The summed E-state index contributed by atoms with van der Waals surface area (Å²) in [7, 11) is 0. The average molecular weight is 514 g/mol. The van der Waals surface area contributed by atoms with Gasteiger partial charge >= 0.3 is 0 Å². The molecule has 0 radical (unpaired) electrons. The van der Waals surface area contributed by atoms with E-state index in [4.69, 9.17) is 0 Å². The number of aromatic nitrogens is 4. The van der Waals surface area contributed by atoms with Crippen molar-refractivity contribution in [2.45, 2.75) is 12.1 Å². The molecule has 2 heterocycles. The Morgan fingerprint density at radius 1 is 0.892 bits per heavy atom. The van der Waals surface area contributed by atoms with Crippen LogP contribution in [0.5, 0.6) is 0 Å². The number of rotatable bonds is 7. The summed E-state index contributed by atoms with van der Waals surface area (Å²) in [6.45, 7) is 4.86. The average Bonchev–Trinajstić information content (AvgIpc) is 3.41. The van der Waals surface area contributed by atoms with Gasteiger partial charge in [-0.25, -0.2) is 0 Å². The molecular weight excluding hydrogens is 486 g/mol. The van der Waals surface area contributed by atoms with Crippen LogP contribution in [0, 0.1) is 6.92 Å². The normalized spacial score (nSPS) is 13.4. The van der Waals surface area contributed by atoms with E-state index in [1.165, 1.54) is 11.8 Å². The highest BCUT2D eigenvalue weighted by atomic mass is 32.2. The van der Waals surface area contributed by atoms with Crippen LogP contribution in [0.1, 0.15) is 15.9 Å². The van der Waals surface area contributed by atoms with Gasteiger partial charge in [0, 0.05) is 43.1 Å². The second-order valence-corrected chi connectivity index (χ2v) is 9.68. The highest BCUT2D eigenvalue weighted by Crippen LogP contribution is 2.22. The fraction of sp³-hybridized carbons (Fsp3) is 0.222. The number of para-hydroxylation sites is 1. The fourth-order valence-electron chi connectivity index (χ4n) is 4.21. The summed E-state index contributed by atoms with van der Waals surface area (Å²) >= 11 is 1.28. The Kier molecular flexibility index (Phi) is 7.46. The topological polar surface area (TPSA) is 96.2 Å². The van der Waals surface area contributed by atoms with Crippen molar-refractivity contribution >= 4 is 35.0 Å². The van der Waals surface area contributed by atoms with Crippen molar-refractivity contribution < 1.29 is 9.59 Å². The van der Waals surface area contributed by atoms with Crippen LogP contribution in [0.15, 0.2) is 84.0 Å². The first kappa shape index (κ1) is 24.5. The zero-order valence-corrected chi connectivity index (χ0v) is 21.3. The highest BCUT2D eigenvalue weighted by molar-refractivity contribution is 7.99. The van der Waals surface area contributed by atoms with Crippen molar-refractivity contribution in [2.24, 2.45) is 0 Å². The van der Waals surface area contributed by atoms with Crippen LogP contribution >= 0.6 is 11.8 Å². The number of anilines is 2. The number of thioether (sulfide) groups is 1. The van der Waals surface area contributed by atoms with Crippen LogP contribution in [0.3, 0.4) is 0 Å². The molecule has 1 saturated heterocycles. The maximum atomic E-state index is 12.8. The monoisotopic (exact) mass is 513 g/mol. The number of hydrogen-bond donors (Lipinski definition) is 1. The van der Waals surface area contributed by atoms with Gasteiger partial charge in [0.2, 0.25) is 11.1 Å². The summed E-state index contributed by atoms with van der Waals surface area (Å²) in [6.07, 6.45) is 0. The van der Waals surface area contributed by atoms with Crippen molar-refractivity contribution in [1.29, 1.82) is 0 Å². The quantitative estimate of drug-likeness (QED) is 0.377. The number of amides is 2. The van der Waals surface area contributed by atoms with E-state index < -0.39 is 0 Å². The highest BCUT2D eigenvalue weighted by Gasteiger charge is 2.22. The number of carbonyl (C=O) groups is 2. The summed E-state index contributed by atoms with van der Waals surface area (Å²) in [5.41, 5.74) is 4.46. The minimum absolute atomic E-state index is 0.0806. The summed E-state index contributed by atoms with van der Waals surface area (Å²) in [5, 5.41) is 15.3. The third-order valence-electron chi connectivity index (χ3n) is 6.12. The van der Waals surface area contributed by atoms with Crippen LogP contribution in [-0.4, -0.2) is 68.9 Å². The van der Waals surface area contributed by atoms with E-state index in [9.17, 15) is 9.59 Å². The van der Waals surface area contributed by atoms with Gasteiger partial charge in [0.15, 0.2) is 0 Å². The molecule has 1 aliphatic rings. The van der Waals surface area contributed by atoms with Gasteiger partial charge in [0.05, 0.1) is 11.4 Å². The molecule has 0 spiro atoms. The lowest BCUT2D eigenvalue weighted by atomic mass is 10.1. The van der Waals surface area contributed by atoms with Gasteiger partial charge in [-0.1, -0.05) is 47.7 Å². The first-order valence-electron chi connectivity index (χ1n) is 12.0. The lowest BCUT2D eigenvalue weighted by Gasteiger charge is -2.36. The lowest BCUT2D eigenvalue weighted by molar-refractivity contribution is -0.113. The molecule has 1 aromatic heterocycles. The summed E-state index contributed by atoms with van der Waals surface area (Å²) < 4.78 is 1.61. The molecule has 3 aromatic carbocycles. The molecule has 0 aliphatic carbocycles. The Morgan fingerprint density at radius 3 is 2.38 bits per heavy atom. The standard InChI is InChI=1S/C27H27N7O2S/c1-20-6-5-7-21(18-20)26(36)33-16-14-32(15-17-33)23-12-10-22(11-13-23)28-25(35)19-37-27-29-30-31-34(27)24-8-3-2-4-9-24/h2-13,18H,14-17,19H2,1H3,(H,28,35). The minimum atomic E-state index is -0.136. The number of hydrogen-bond acceptors (Lipinski definition) is 7. The number of nitrogens with zero attached hydrogens (tertiary/aromatic N) is 6. The molecule has 0 unspecified atom stereocenters. The van der Waals surface area contributed by atoms with E-state index in [1.807, 2.05) is 90.7 Å². The van der Waals surface area contributed by atoms with Crippen LogP contribution < -0.4 is 10.2 Å². The summed E-state index contributed by atoms with van der Waals surface area (Å²) in [4.78, 5) is 29.5. The molecule has 0 atom stereocenters. The van der Waals surface area contributed by atoms with E-state index in [0.29, 0.717) is 18.2 Å². The van der Waals surface area contributed by atoms with Gasteiger partial charge in [-0.3, -0.25) is 9.59 Å². The molecule has 4 aromatic rings. The molecule has 5 rings (SSSR count). The number of aryl methyl sites for hydroxylation is 1. The molecule has 1 aliphatic heterocycles. The smallest absolute Gasteiger partial charge is 0.253 e. The maximum Gasteiger partial charge on any atom is 0.253 e. The summed E-state index contributed by atoms with van der Waals surface area (Å²) in [5.74, 6) is 0.132. The summed E-state index contributed by atoms with van der Waals surface area (Å²) in [6, 6.07) is 25.1. The van der Waals surface area contributed by atoms with Crippen molar-refractivity contribution in [3.05, 3.63) is 90.0 Å². The van der Waals surface area contributed by atoms with E-state index in [2.05, 4.69) is 25.7 Å². The zero-order chi connectivity index (χ0) is 25.6. The molecule has 1 N–H and O–H groups in total. The molecule has 10 heteroatoms. The minimum Gasteiger partial charge on any atom is -0.368 e. The molecule has 188 valence electrons. The van der Waals surface area contributed by atoms with Crippen molar-refractivity contribution in [1.82, 2.24) is 25.1 Å². The van der Waals surface area contributed by atoms with Crippen molar-refractivity contribution in [3.63, 3.8) is 0 Å². The van der Waals surface area contributed by atoms with Gasteiger partial charge in [-0.2, -0.15) is 4.68 Å². The molecule has 0 bridgehead atoms. The van der Waals surface area contributed by atoms with E-state index in [-0.39, 0.29) is 17.6 Å². The second kappa shape index (κ2) is 11.3. The Labute approximate surface area is 219 Å². The van der Waals surface area contributed by atoms with Crippen molar-refractivity contribution in [2.75, 3.05) is 42.1 Å². The van der Waals surface area contributed by atoms with E-state index in [1.54, 1.807) is 4.68 Å². The van der Waals surface area contributed by atoms with Gasteiger partial charge in [0.1, 0.15) is 0 Å². The van der Waals surface area contributed by atoms with Crippen LogP contribution in [-0.2, 0) is 4.79 Å². The predicted octanol–water partition coefficient (Wildman–Crippen LogP) is 3.66. The van der Waals surface area contributed by atoms with E-state index >= 15 is 0 Å². The fourth-order valence-corrected chi connectivity index (χ4v) is 4.90. The van der Waals surface area contributed by atoms with Gasteiger partial charge in [-0.05, 0) is 65.9 Å². The largest absolute Gasteiger partial charge is 0.368 e. The number of piperazine rings is 1. The van der Waals surface area contributed by atoms with Crippen LogP contribution in [0.2, 0.25) is 0 Å². The number of nitrogens with one attached hydrogen (secondary N) is 1. The first-order chi connectivity index (χ1) is 18.1. The Bertz CT molecular complexity index is 1370. The van der Waals surface area contributed by atoms with Crippen LogP contribution in [0.25, 0.3) is 5.69 Å². The molecule has 2 amide bonds. The number of carbonyl (C=O) groups excluding carboxylic acids is 2. The Balaban J connectivity index is 1.11. The molecule has 0 saturated carbocycles. The number of benzene rings is 3. The first-order valence-corrected chi connectivity index (χ1v) is 13.0. The number of tetrazole rings is 1. The van der Waals surface area contributed by atoms with E-state index in [0.717, 1.165) is 41.3 Å². The lowest BCUT2D eigenvalue weighted by Crippen LogP contribution is -2.48. The SMILES string of the molecule is Cc1cccc(C(=O)N2CCN(c3ccc(NC(=O)CSc4nnnn4-c4ccccc4)cc3)CC2)c1.